The number of carbonyl (C=O) groups is 1. The minimum Gasteiger partial charge on any atom is -0.473 e. The van der Waals surface area contributed by atoms with Crippen molar-refractivity contribution in [2.45, 2.75) is 57.5 Å². The van der Waals surface area contributed by atoms with Gasteiger partial charge in [-0.05, 0) is 53.9 Å². The second-order valence-electron chi connectivity index (χ2n) is 10.0. The van der Waals surface area contributed by atoms with Crippen LogP contribution < -0.4 is 9.64 Å². The molecule has 3 aromatic rings. The minimum absolute atomic E-state index is 0.0495. The van der Waals surface area contributed by atoms with E-state index in [1.165, 1.54) is 0 Å². The number of hydrogen-bond acceptors (Lipinski definition) is 6. The smallest absolute Gasteiger partial charge is 0.352 e. The van der Waals surface area contributed by atoms with Crippen molar-refractivity contribution in [3.63, 3.8) is 0 Å². The van der Waals surface area contributed by atoms with Crippen LogP contribution in [0.4, 0.5) is 11.4 Å². The highest BCUT2D eigenvalue weighted by molar-refractivity contribution is 9.10. The third-order valence-electron chi connectivity index (χ3n) is 7.36. The van der Waals surface area contributed by atoms with Gasteiger partial charge in [0.15, 0.2) is 9.84 Å². The van der Waals surface area contributed by atoms with E-state index in [0.717, 1.165) is 31.4 Å². The SMILES string of the molecule is CCCCC1(CC)CN(c2ccccc2)c2cc(Br)c(OC(C(=O)OCC)c3ccccc3)cc2S(=O)(=O)C1. The van der Waals surface area contributed by atoms with Crippen molar-refractivity contribution in [2.75, 3.05) is 23.8 Å². The second-order valence-corrected chi connectivity index (χ2v) is 12.9. The molecule has 6 nitrogen and oxygen atoms in total. The molecule has 1 heterocycles. The highest BCUT2D eigenvalue weighted by Crippen LogP contribution is 2.47. The molecule has 2 unspecified atom stereocenters. The van der Waals surface area contributed by atoms with E-state index in [4.69, 9.17) is 9.47 Å². The Kier molecular flexibility index (Phi) is 9.39. The molecular formula is C31H36BrNO5S. The van der Waals surface area contributed by atoms with Crippen LogP contribution in [0.5, 0.6) is 5.75 Å². The van der Waals surface area contributed by atoms with Crippen molar-refractivity contribution in [1.82, 2.24) is 0 Å². The van der Waals surface area contributed by atoms with Gasteiger partial charge in [-0.2, -0.15) is 0 Å². The normalized spacial score (nSPS) is 19.0. The van der Waals surface area contributed by atoms with Crippen molar-refractivity contribution >= 4 is 43.1 Å². The predicted molar refractivity (Wildman–Crippen MR) is 158 cm³/mol. The lowest BCUT2D eigenvalue weighted by Crippen LogP contribution is -2.37. The molecule has 0 aromatic heterocycles. The number of carbonyl (C=O) groups excluding carboxylic acids is 1. The molecule has 0 saturated carbocycles. The maximum atomic E-state index is 14.1. The number of sulfone groups is 1. The molecule has 0 amide bonds. The summed E-state index contributed by atoms with van der Waals surface area (Å²) >= 11 is 3.62. The fourth-order valence-electron chi connectivity index (χ4n) is 5.18. The van der Waals surface area contributed by atoms with E-state index < -0.39 is 27.3 Å². The topological polar surface area (TPSA) is 72.9 Å². The molecule has 0 N–H and O–H groups in total. The van der Waals surface area contributed by atoms with Crippen molar-refractivity contribution in [3.8, 4) is 5.75 Å². The lowest BCUT2D eigenvalue weighted by molar-refractivity contribution is -0.151. The van der Waals surface area contributed by atoms with Crippen LogP contribution in [0.25, 0.3) is 0 Å². The molecule has 0 saturated heterocycles. The lowest BCUT2D eigenvalue weighted by Gasteiger charge is -2.36. The van der Waals surface area contributed by atoms with Gasteiger partial charge in [0.2, 0.25) is 6.10 Å². The Hall–Kier alpha value is -2.84. The van der Waals surface area contributed by atoms with Crippen LogP contribution in [0, 0.1) is 5.41 Å². The number of benzene rings is 3. The van der Waals surface area contributed by atoms with Gasteiger partial charge in [0.1, 0.15) is 5.75 Å². The summed E-state index contributed by atoms with van der Waals surface area (Å²) in [5.74, 6) is -0.220. The summed E-state index contributed by atoms with van der Waals surface area (Å²) in [6.45, 7) is 6.74. The van der Waals surface area contributed by atoms with Crippen LogP contribution in [-0.4, -0.2) is 33.3 Å². The molecule has 8 heteroatoms. The van der Waals surface area contributed by atoms with Gasteiger partial charge in [-0.3, -0.25) is 0 Å². The molecule has 208 valence electrons. The molecule has 0 spiro atoms. The van der Waals surface area contributed by atoms with E-state index in [2.05, 4.69) is 34.7 Å². The summed E-state index contributed by atoms with van der Waals surface area (Å²) in [4.78, 5) is 15.2. The molecule has 0 radical (unpaired) electrons. The zero-order chi connectivity index (χ0) is 28.0. The van der Waals surface area contributed by atoms with Crippen molar-refractivity contribution in [2.24, 2.45) is 5.41 Å². The Morgan fingerprint density at radius 2 is 1.69 bits per heavy atom. The van der Waals surface area contributed by atoms with Crippen LogP contribution >= 0.6 is 15.9 Å². The maximum absolute atomic E-state index is 14.1. The molecular weight excluding hydrogens is 578 g/mol. The van der Waals surface area contributed by atoms with Crippen LogP contribution in [0.3, 0.4) is 0 Å². The van der Waals surface area contributed by atoms with Gasteiger partial charge in [0, 0.05) is 29.3 Å². The van der Waals surface area contributed by atoms with Gasteiger partial charge in [-0.1, -0.05) is 75.2 Å². The monoisotopic (exact) mass is 613 g/mol. The second kappa shape index (κ2) is 12.6. The maximum Gasteiger partial charge on any atom is 0.352 e. The summed E-state index contributed by atoms with van der Waals surface area (Å²) in [5, 5.41) is 0. The summed E-state index contributed by atoms with van der Waals surface area (Å²) in [5.41, 5.74) is 1.74. The van der Waals surface area contributed by atoms with E-state index in [-0.39, 0.29) is 23.0 Å². The number of nitrogens with zero attached hydrogens (tertiary/aromatic N) is 1. The average molecular weight is 615 g/mol. The first-order chi connectivity index (χ1) is 18.7. The molecule has 0 aliphatic carbocycles. The Balaban J connectivity index is 1.86. The van der Waals surface area contributed by atoms with Gasteiger partial charge < -0.3 is 14.4 Å². The summed E-state index contributed by atoms with van der Waals surface area (Å²) in [6, 6.07) is 22.3. The average Bonchev–Trinajstić information content (AvgIpc) is 3.03. The summed E-state index contributed by atoms with van der Waals surface area (Å²) < 4.78 is 40.2. The number of fused-ring (bicyclic) bond motifs is 1. The highest BCUT2D eigenvalue weighted by Gasteiger charge is 2.42. The Bertz CT molecular complexity index is 1380. The Morgan fingerprint density at radius 3 is 2.31 bits per heavy atom. The third-order valence-corrected chi connectivity index (χ3v) is 9.96. The highest BCUT2D eigenvalue weighted by atomic mass is 79.9. The van der Waals surface area contributed by atoms with Crippen molar-refractivity contribution in [1.29, 1.82) is 0 Å². The number of anilines is 2. The number of rotatable bonds is 10. The van der Waals surface area contributed by atoms with Crippen LogP contribution in [0.1, 0.15) is 58.1 Å². The minimum atomic E-state index is -3.70. The number of esters is 1. The van der Waals surface area contributed by atoms with Gasteiger partial charge in [0.05, 0.1) is 27.4 Å². The Morgan fingerprint density at radius 1 is 1.03 bits per heavy atom. The van der Waals surface area contributed by atoms with Gasteiger partial charge >= 0.3 is 5.97 Å². The molecule has 1 aliphatic heterocycles. The molecule has 39 heavy (non-hydrogen) atoms. The van der Waals surface area contributed by atoms with Crippen LogP contribution in [0.2, 0.25) is 0 Å². The van der Waals surface area contributed by atoms with Crippen LogP contribution in [0.15, 0.2) is 82.2 Å². The fraction of sp³-hybridized carbons (Fsp3) is 0.387. The number of hydrogen-bond donors (Lipinski definition) is 0. The standard InChI is InChI=1S/C31H36BrNO5S/c1-4-7-18-31(5-2)21-33(24-16-12-9-13-17-24)26-19-25(32)27(20-28(26)39(35,36)22-31)38-29(30(34)37-6-3)23-14-10-8-11-15-23/h8-17,19-20,29H,4-7,18,21-22H2,1-3H3. The van der Waals surface area contributed by atoms with Gasteiger partial charge in [0.25, 0.3) is 0 Å². The third kappa shape index (κ3) is 6.49. The first-order valence-corrected chi connectivity index (χ1v) is 15.9. The van der Waals surface area contributed by atoms with Crippen molar-refractivity contribution < 1.29 is 22.7 Å². The van der Waals surface area contributed by atoms with E-state index in [1.807, 2.05) is 48.5 Å². The van der Waals surface area contributed by atoms with E-state index in [0.29, 0.717) is 22.3 Å². The summed E-state index contributed by atoms with van der Waals surface area (Å²) in [6.07, 6.45) is 2.47. The molecule has 1 aliphatic rings. The quantitative estimate of drug-likeness (QED) is 0.219. The van der Waals surface area contributed by atoms with Gasteiger partial charge in [-0.25, -0.2) is 13.2 Å². The van der Waals surface area contributed by atoms with Crippen molar-refractivity contribution in [3.05, 3.63) is 82.8 Å². The molecule has 4 rings (SSSR count). The van der Waals surface area contributed by atoms with E-state index in [9.17, 15) is 13.2 Å². The van der Waals surface area contributed by atoms with Crippen LogP contribution in [-0.2, 0) is 19.4 Å². The van der Waals surface area contributed by atoms with E-state index >= 15 is 0 Å². The summed E-state index contributed by atoms with van der Waals surface area (Å²) in [7, 11) is -3.70. The zero-order valence-corrected chi connectivity index (χ0v) is 25.1. The first-order valence-electron chi connectivity index (χ1n) is 13.5. The fourth-order valence-corrected chi connectivity index (χ4v) is 7.78. The predicted octanol–water partition coefficient (Wildman–Crippen LogP) is 7.64. The lowest BCUT2D eigenvalue weighted by atomic mass is 9.81. The number of halogens is 1. The van der Waals surface area contributed by atoms with Gasteiger partial charge in [-0.15, -0.1) is 0 Å². The Labute approximate surface area is 240 Å². The molecule has 0 fully saturated rings. The zero-order valence-electron chi connectivity index (χ0n) is 22.7. The van der Waals surface area contributed by atoms with E-state index in [1.54, 1.807) is 31.2 Å². The number of unbranched alkanes of at least 4 members (excludes halogenated alkanes) is 1. The first kappa shape index (κ1) is 29.2. The molecule has 3 aromatic carbocycles. The number of ether oxygens (including phenoxy) is 2. The number of para-hydroxylation sites is 1. The largest absolute Gasteiger partial charge is 0.473 e. The molecule has 2 atom stereocenters. The molecule has 0 bridgehead atoms.